The molecule has 0 unspecified atom stereocenters. The van der Waals surface area contributed by atoms with Crippen LogP contribution >= 0.6 is 0 Å². The zero-order valence-corrected chi connectivity index (χ0v) is 3.93. The summed E-state index contributed by atoms with van der Waals surface area (Å²) in [4.78, 5) is 14.4. The highest BCUT2D eigenvalue weighted by Crippen LogP contribution is 1.85. The Hall–Kier alpha value is -1.32. The first-order valence-corrected chi connectivity index (χ1v) is 2.01. The molecule has 4 nitrogen and oxygen atoms in total. The van der Waals surface area contributed by atoms with Crippen LogP contribution in [-0.2, 0) is 0 Å². The summed E-state index contributed by atoms with van der Waals surface area (Å²) in [5, 5.41) is 8.51. The molecule has 0 aliphatic rings. The molecule has 4 heteroatoms. The topological polar surface area (TPSA) is 67.2 Å². The molecule has 0 radical (unpaired) electrons. The molecule has 8 heavy (non-hydrogen) atoms. The predicted molar refractivity (Wildman–Crippen MR) is 24.1 cm³/mol. The molecule has 0 saturated heterocycles. The van der Waals surface area contributed by atoms with E-state index in [-0.39, 0.29) is 5.88 Å². The Labute approximate surface area is 44.8 Å². The number of rotatable bonds is 0. The second kappa shape index (κ2) is 1.65. The molecule has 0 amide bonds. The van der Waals surface area contributed by atoms with Gasteiger partial charge in [0.1, 0.15) is 0 Å². The number of nitrogens with one attached hydrogen (secondary N) is 2. The predicted octanol–water partition coefficient (Wildman–Crippen LogP) is -1.31. The molecule has 0 atom stereocenters. The molecule has 1 aromatic rings. The Balaban J connectivity index is 3.28. The van der Waals surface area contributed by atoms with Gasteiger partial charge in [0, 0.05) is 6.20 Å². The molecule has 1 heterocycles. The van der Waals surface area contributed by atoms with E-state index in [4.69, 9.17) is 5.11 Å². The van der Waals surface area contributed by atoms with Crippen molar-refractivity contribution in [1.29, 1.82) is 0 Å². The Kier molecular flexibility index (Phi) is 0.997. The second-order valence-corrected chi connectivity index (χ2v) is 1.25. The van der Waals surface area contributed by atoms with E-state index in [0.717, 1.165) is 0 Å². The minimum atomic E-state index is -0.468. The third-order valence-corrected chi connectivity index (χ3v) is 0.636. The van der Waals surface area contributed by atoms with Gasteiger partial charge in [0.05, 0.1) is 0 Å². The summed E-state index contributed by atoms with van der Waals surface area (Å²) < 4.78 is 0. The minimum Gasteiger partial charge on any atom is -0.535 e. The summed E-state index contributed by atoms with van der Waals surface area (Å²) in [6, 6.07) is 1.22. The van der Waals surface area contributed by atoms with Crippen LogP contribution in [0.4, 0.5) is 0 Å². The van der Waals surface area contributed by atoms with Crippen molar-refractivity contribution in [2.45, 2.75) is 0 Å². The van der Waals surface area contributed by atoms with E-state index in [9.17, 15) is 4.79 Å². The third-order valence-electron chi connectivity index (χ3n) is 0.636. The fourth-order valence-electron chi connectivity index (χ4n) is 0.354. The molecule has 0 bridgehead atoms. The van der Waals surface area contributed by atoms with Crippen LogP contribution in [0.5, 0.6) is 5.88 Å². The average Bonchev–Trinajstić information content (AvgIpc) is 1.64. The van der Waals surface area contributed by atoms with Crippen LogP contribution in [0, 0.1) is 6.20 Å². The van der Waals surface area contributed by atoms with Crippen molar-refractivity contribution in [2.24, 2.45) is 0 Å². The first kappa shape index (κ1) is 4.83. The van der Waals surface area contributed by atoms with E-state index in [1.54, 1.807) is 0 Å². The monoisotopic (exact) mass is 112 g/mol. The number of H-pyrrole nitrogens is 2. The van der Waals surface area contributed by atoms with Gasteiger partial charge in [-0.2, -0.15) is 0 Å². The van der Waals surface area contributed by atoms with E-state index in [1.165, 1.54) is 6.07 Å². The quantitative estimate of drug-likeness (QED) is 0.409. The minimum absolute atomic E-state index is 0.186. The first-order valence-electron chi connectivity index (χ1n) is 2.01. The second-order valence-electron chi connectivity index (χ2n) is 1.25. The lowest BCUT2D eigenvalue weighted by molar-refractivity contribution is -0.417. The Morgan fingerprint density at radius 3 is 3.00 bits per heavy atom. The number of hydrogen-bond acceptors (Lipinski definition) is 2. The number of aromatic amines is 2. The Bertz CT molecular complexity index is 229. The van der Waals surface area contributed by atoms with Crippen LogP contribution < -0.4 is 10.7 Å². The van der Waals surface area contributed by atoms with Crippen LogP contribution in [0.2, 0.25) is 0 Å². The van der Waals surface area contributed by atoms with Crippen molar-refractivity contribution < 1.29 is 10.1 Å². The molecule has 0 aromatic carbocycles. The normalized spacial score (nSPS) is 9.00. The van der Waals surface area contributed by atoms with E-state index >= 15 is 0 Å². The number of aromatic hydroxyl groups is 1. The smallest absolute Gasteiger partial charge is 0.383 e. The Morgan fingerprint density at radius 1 is 1.88 bits per heavy atom. The van der Waals surface area contributed by atoms with Crippen molar-refractivity contribution in [3.05, 3.63) is 22.7 Å². The maximum Gasteiger partial charge on any atom is 0.383 e. The highest BCUT2D eigenvalue weighted by atomic mass is 16.3. The molecule has 0 saturated carbocycles. The maximum absolute atomic E-state index is 10.2. The number of hydrogen-bond donors (Lipinski definition) is 2. The fraction of sp³-hybridized carbons (Fsp3) is 0. The first-order chi connectivity index (χ1) is 3.79. The van der Waals surface area contributed by atoms with Crippen molar-refractivity contribution >= 4 is 0 Å². The van der Waals surface area contributed by atoms with Crippen molar-refractivity contribution in [3.8, 4) is 5.88 Å². The van der Waals surface area contributed by atoms with Gasteiger partial charge in [-0.1, -0.05) is 6.07 Å². The van der Waals surface area contributed by atoms with Gasteiger partial charge in [0.15, 0.2) is 5.88 Å². The van der Waals surface area contributed by atoms with Gasteiger partial charge in [-0.25, -0.2) is 0 Å². The van der Waals surface area contributed by atoms with Crippen molar-refractivity contribution in [2.75, 3.05) is 0 Å². The number of aromatic nitrogens is 2. The van der Waals surface area contributed by atoms with Crippen LogP contribution in [0.3, 0.4) is 0 Å². The molecule has 3 N–H and O–H groups in total. The summed E-state index contributed by atoms with van der Waals surface area (Å²) in [6.07, 6.45) is 2.31. The third kappa shape index (κ3) is 0.841. The van der Waals surface area contributed by atoms with Gasteiger partial charge in [-0.15, -0.1) is 0 Å². The summed E-state index contributed by atoms with van der Waals surface area (Å²) in [6.45, 7) is 0. The summed E-state index contributed by atoms with van der Waals surface area (Å²) >= 11 is 0. The van der Waals surface area contributed by atoms with E-state index < -0.39 is 5.69 Å². The standard InChI is InChI=1S/C4H3N2O2/c7-3-1-2-5-4(8)6-3/h1H,(H2,5,6,7,8)/q-1/p+1. The van der Waals surface area contributed by atoms with E-state index in [0.29, 0.717) is 0 Å². The fourth-order valence-corrected chi connectivity index (χ4v) is 0.354. The van der Waals surface area contributed by atoms with Gasteiger partial charge in [-0.05, 0) is 0 Å². The summed E-state index contributed by atoms with van der Waals surface area (Å²) in [7, 11) is 0. The largest absolute Gasteiger partial charge is 0.535 e. The lowest BCUT2D eigenvalue weighted by Gasteiger charge is -1.86. The van der Waals surface area contributed by atoms with E-state index in [2.05, 4.69) is 16.2 Å². The van der Waals surface area contributed by atoms with Crippen LogP contribution in [0.15, 0.2) is 10.9 Å². The highest BCUT2D eigenvalue weighted by molar-refractivity contribution is 4.91. The lowest BCUT2D eigenvalue weighted by Crippen LogP contribution is -2.28. The lowest BCUT2D eigenvalue weighted by atomic mass is 10.6. The molecule has 0 aliphatic heterocycles. The molecule has 1 aromatic heterocycles. The molecule has 0 aliphatic carbocycles. The summed E-state index contributed by atoms with van der Waals surface area (Å²) in [5.74, 6) is -0.186. The molecule has 0 spiro atoms. The van der Waals surface area contributed by atoms with Crippen molar-refractivity contribution in [3.63, 3.8) is 0 Å². The van der Waals surface area contributed by atoms with Crippen molar-refractivity contribution in [1.82, 2.24) is 4.98 Å². The van der Waals surface area contributed by atoms with Gasteiger partial charge in [-0.3, -0.25) is 9.78 Å². The van der Waals surface area contributed by atoms with E-state index in [1.807, 2.05) is 0 Å². The van der Waals surface area contributed by atoms with Gasteiger partial charge < -0.3 is 10.1 Å². The van der Waals surface area contributed by atoms with Gasteiger partial charge in [0.2, 0.25) is 0 Å². The molecule has 0 fully saturated rings. The zero-order valence-electron chi connectivity index (χ0n) is 3.93. The SMILES string of the molecule is O=c1[nH][c-]cc(O)[nH+]1. The summed E-state index contributed by atoms with van der Waals surface area (Å²) in [5.41, 5.74) is -0.468. The van der Waals surface area contributed by atoms with Crippen LogP contribution in [0.25, 0.3) is 0 Å². The molecule has 1 rings (SSSR count). The van der Waals surface area contributed by atoms with Gasteiger partial charge in [0.25, 0.3) is 0 Å². The molecular weight excluding hydrogens is 108 g/mol. The van der Waals surface area contributed by atoms with Crippen LogP contribution in [0.1, 0.15) is 0 Å². The Morgan fingerprint density at radius 2 is 2.62 bits per heavy atom. The average molecular weight is 112 g/mol. The zero-order chi connectivity index (χ0) is 5.98. The van der Waals surface area contributed by atoms with Crippen LogP contribution in [-0.4, -0.2) is 10.1 Å². The molecule has 42 valence electrons. The van der Waals surface area contributed by atoms with Gasteiger partial charge >= 0.3 is 5.69 Å². The maximum atomic E-state index is 10.2. The highest BCUT2D eigenvalue weighted by Gasteiger charge is 1.80. The molecular formula is C4H4N2O2.